The van der Waals surface area contributed by atoms with E-state index >= 15 is 0 Å². The lowest BCUT2D eigenvalue weighted by Crippen LogP contribution is -2.49. The van der Waals surface area contributed by atoms with Crippen LogP contribution in [0.25, 0.3) is 0 Å². The monoisotopic (exact) mass is 381 g/mol. The van der Waals surface area contributed by atoms with Gasteiger partial charge >= 0.3 is 11.9 Å². The molecule has 0 aromatic rings. The van der Waals surface area contributed by atoms with E-state index in [4.69, 9.17) is 4.74 Å². The van der Waals surface area contributed by atoms with E-state index in [0.29, 0.717) is 12.8 Å². The summed E-state index contributed by atoms with van der Waals surface area (Å²) in [5, 5.41) is 9.50. The third kappa shape index (κ3) is 10.3. The van der Waals surface area contributed by atoms with E-state index in [9.17, 15) is 24.3 Å². The number of carbonyl (C=O) groups is 4. The molecule has 27 heavy (non-hydrogen) atoms. The van der Waals surface area contributed by atoms with Gasteiger partial charge in [-0.2, -0.15) is 0 Å². The van der Waals surface area contributed by atoms with E-state index in [1.54, 1.807) is 6.92 Å². The molecule has 0 radical (unpaired) electrons. The number of nitrogens with zero attached hydrogens (tertiary/aromatic N) is 1. The van der Waals surface area contributed by atoms with Gasteiger partial charge in [-0.05, 0) is 32.6 Å². The second kappa shape index (κ2) is 14.7. The maximum Gasteiger partial charge on any atom is 0.327 e. The first-order valence-electron chi connectivity index (χ1n) is 9.42. The molecule has 0 saturated heterocycles. The highest BCUT2D eigenvalue weighted by Gasteiger charge is 2.35. The Kier molecular flexibility index (Phi) is 13.4. The molecule has 7 nitrogen and oxygen atoms in total. The molecule has 0 heterocycles. The highest BCUT2D eigenvalue weighted by molar-refractivity contribution is 6.00. The summed E-state index contributed by atoms with van der Waals surface area (Å²) in [6, 6.07) is -1.56. The number of carbonyl (C=O) groups excluding carboxylic acids is 3. The smallest absolute Gasteiger partial charge is 0.327 e. The van der Waals surface area contributed by atoms with Crippen LogP contribution in [-0.4, -0.2) is 46.4 Å². The van der Waals surface area contributed by atoms with Crippen molar-refractivity contribution in [2.75, 3.05) is 6.61 Å². The first kappa shape index (κ1) is 24.6. The standard InChI is InChI=1S/C20H31NO6/c1-4-7-9-11-13-17(22)21(18(23)14-12-10-8-5-2)16(20(25)26)15-19(24)27-6-3/h7-10,16H,4-6,11-15H2,1-3H3,(H,25,26)/b9-7+,10-8+. The van der Waals surface area contributed by atoms with E-state index in [1.165, 1.54) is 0 Å². The zero-order valence-electron chi connectivity index (χ0n) is 16.5. The van der Waals surface area contributed by atoms with Crippen molar-refractivity contribution >= 4 is 23.8 Å². The number of ether oxygens (including phenoxy) is 1. The van der Waals surface area contributed by atoms with Crippen LogP contribution >= 0.6 is 0 Å². The van der Waals surface area contributed by atoms with Gasteiger partial charge < -0.3 is 9.84 Å². The van der Waals surface area contributed by atoms with Crippen LogP contribution in [0, 0.1) is 0 Å². The first-order chi connectivity index (χ1) is 12.9. The van der Waals surface area contributed by atoms with Crippen molar-refractivity contribution in [3.63, 3.8) is 0 Å². The molecule has 2 amide bonds. The minimum Gasteiger partial charge on any atom is -0.480 e. The Morgan fingerprint density at radius 3 is 1.74 bits per heavy atom. The summed E-state index contributed by atoms with van der Waals surface area (Å²) < 4.78 is 4.78. The highest BCUT2D eigenvalue weighted by atomic mass is 16.5. The fourth-order valence-electron chi connectivity index (χ4n) is 2.38. The first-order valence-corrected chi connectivity index (χ1v) is 9.42. The Hall–Kier alpha value is -2.44. The molecule has 0 aliphatic carbocycles. The SMILES string of the molecule is CC/C=C/CCC(=O)N(C(=O)CC/C=C/CC)C(CC(=O)OCC)C(=O)O. The van der Waals surface area contributed by atoms with E-state index in [-0.39, 0.29) is 19.4 Å². The van der Waals surface area contributed by atoms with Crippen LogP contribution in [0.4, 0.5) is 0 Å². The number of amides is 2. The van der Waals surface area contributed by atoms with Gasteiger partial charge in [-0.25, -0.2) is 4.79 Å². The lowest BCUT2D eigenvalue weighted by Gasteiger charge is -2.26. The molecule has 0 bridgehead atoms. The Morgan fingerprint density at radius 1 is 0.889 bits per heavy atom. The molecule has 0 aliphatic heterocycles. The number of imide groups is 1. The Morgan fingerprint density at radius 2 is 1.37 bits per heavy atom. The van der Waals surface area contributed by atoms with Crippen molar-refractivity contribution in [3.8, 4) is 0 Å². The molecule has 0 aromatic carbocycles. The van der Waals surface area contributed by atoms with Gasteiger partial charge in [0.05, 0.1) is 13.0 Å². The molecule has 1 unspecified atom stereocenters. The maximum absolute atomic E-state index is 12.6. The second-order valence-electron chi connectivity index (χ2n) is 5.86. The number of hydrogen-bond acceptors (Lipinski definition) is 5. The number of carboxylic acid groups (broad SMARTS) is 1. The van der Waals surface area contributed by atoms with Gasteiger partial charge in [0.1, 0.15) is 6.04 Å². The topological polar surface area (TPSA) is 101 Å². The van der Waals surface area contributed by atoms with Crippen LogP contribution in [-0.2, 0) is 23.9 Å². The summed E-state index contributed by atoms with van der Waals surface area (Å²) in [6.07, 6.45) is 9.29. The van der Waals surface area contributed by atoms with Gasteiger partial charge in [0.25, 0.3) is 0 Å². The molecule has 0 fully saturated rings. The molecule has 7 heteroatoms. The predicted molar refractivity (Wildman–Crippen MR) is 102 cm³/mol. The lowest BCUT2D eigenvalue weighted by molar-refractivity contribution is -0.161. The van der Waals surface area contributed by atoms with E-state index in [2.05, 4.69) is 0 Å². The third-order valence-electron chi connectivity index (χ3n) is 3.65. The summed E-state index contributed by atoms with van der Waals surface area (Å²) in [6.45, 7) is 5.61. The fraction of sp³-hybridized carbons (Fsp3) is 0.600. The van der Waals surface area contributed by atoms with Crippen molar-refractivity contribution in [1.82, 2.24) is 4.90 Å². The summed E-state index contributed by atoms with van der Waals surface area (Å²) >= 11 is 0. The lowest BCUT2D eigenvalue weighted by atomic mass is 10.1. The van der Waals surface area contributed by atoms with Crippen molar-refractivity contribution in [2.24, 2.45) is 0 Å². The van der Waals surface area contributed by atoms with E-state index in [1.807, 2.05) is 38.2 Å². The molecule has 0 rings (SSSR count). The molecule has 0 aromatic heterocycles. The zero-order valence-corrected chi connectivity index (χ0v) is 16.5. The minimum atomic E-state index is -1.56. The fourth-order valence-corrected chi connectivity index (χ4v) is 2.38. The number of carboxylic acids is 1. The number of allylic oxidation sites excluding steroid dienone is 4. The maximum atomic E-state index is 12.6. The van der Waals surface area contributed by atoms with Gasteiger partial charge in [0, 0.05) is 12.8 Å². The molecule has 1 N–H and O–H groups in total. The van der Waals surface area contributed by atoms with Crippen LogP contribution in [0.15, 0.2) is 24.3 Å². The summed E-state index contributed by atoms with van der Waals surface area (Å²) in [5.74, 6) is -3.36. The third-order valence-corrected chi connectivity index (χ3v) is 3.65. The summed E-state index contributed by atoms with van der Waals surface area (Å²) in [4.78, 5) is 49.2. The van der Waals surface area contributed by atoms with Gasteiger partial charge in [-0.3, -0.25) is 19.3 Å². The predicted octanol–water partition coefficient (Wildman–Crippen LogP) is 3.24. The second-order valence-corrected chi connectivity index (χ2v) is 5.86. The van der Waals surface area contributed by atoms with Gasteiger partial charge in [-0.15, -0.1) is 0 Å². The molecule has 0 saturated carbocycles. The van der Waals surface area contributed by atoms with Crippen LogP contribution < -0.4 is 0 Å². The van der Waals surface area contributed by atoms with Crippen LogP contribution in [0.1, 0.15) is 65.7 Å². The average molecular weight is 381 g/mol. The average Bonchev–Trinajstić information content (AvgIpc) is 2.62. The number of esters is 1. The summed E-state index contributed by atoms with van der Waals surface area (Å²) in [5.41, 5.74) is 0. The Balaban J connectivity index is 5.36. The van der Waals surface area contributed by atoms with Gasteiger partial charge in [-0.1, -0.05) is 38.2 Å². The van der Waals surface area contributed by atoms with Crippen molar-refractivity contribution in [1.29, 1.82) is 0 Å². The molecular formula is C20H31NO6. The number of hydrogen-bond donors (Lipinski definition) is 1. The van der Waals surface area contributed by atoms with Crippen molar-refractivity contribution in [2.45, 2.75) is 71.8 Å². The van der Waals surface area contributed by atoms with Crippen molar-refractivity contribution < 1.29 is 29.0 Å². The quantitative estimate of drug-likeness (QED) is 0.388. The molecule has 152 valence electrons. The number of aliphatic carboxylic acids is 1. The largest absolute Gasteiger partial charge is 0.480 e. The van der Waals surface area contributed by atoms with E-state index in [0.717, 1.165) is 17.7 Å². The van der Waals surface area contributed by atoms with Crippen LogP contribution in [0.5, 0.6) is 0 Å². The van der Waals surface area contributed by atoms with Crippen LogP contribution in [0.3, 0.4) is 0 Å². The van der Waals surface area contributed by atoms with Gasteiger partial charge in [0.15, 0.2) is 0 Å². The molecule has 0 aliphatic rings. The molecule has 1 atom stereocenters. The Bertz CT molecular complexity index is 523. The molecule has 0 spiro atoms. The zero-order chi connectivity index (χ0) is 20.7. The normalized spacial score (nSPS) is 12.3. The van der Waals surface area contributed by atoms with Crippen LogP contribution in [0.2, 0.25) is 0 Å². The van der Waals surface area contributed by atoms with E-state index < -0.39 is 36.2 Å². The van der Waals surface area contributed by atoms with Gasteiger partial charge in [0.2, 0.25) is 11.8 Å². The summed E-state index contributed by atoms with van der Waals surface area (Å²) in [7, 11) is 0. The minimum absolute atomic E-state index is 0.000352. The number of rotatable bonds is 13. The van der Waals surface area contributed by atoms with Crippen molar-refractivity contribution in [3.05, 3.63) is 24.3 Å². The Labute approximate surface area is 161 Å². The highest BCUT2D eigenvalue weighted by Crippen LogP contribution is 2.14. The molecular weight excluding hydrogens is 350 g/mol.